The van der Waals surface area contributed by atoms with E-state index in [-0.39, 0.29) is 19.0 Å². The number of nitrogens with zero attached hydrogens (tertiary/aromatic N) is 2. The quantitative estimate of drug-likeness (QED) is 0.298. The summed E-state index contributed by atoms with van der Waals surface area (Å²) in [4.78, 5) is 4.52. The molecule has 0 aliphatic rings. The molecular formula is C24H21Cl2F3N2O. The third-order valence-corrected chi connectivity index (χ3v) is 5.79. The highest BCUT2D eigenvalue weighted by Crippen LogP contribution is 2.33. The zero-order chi connectivity index (χ0) is 22.2. The molecule has 0 unspecified atom stereocenters. The van der Waals surface area contributed by atoms with Crippen molar-refractivity contribution >= 4 is 35.0 Å². The van der Waals surface area contributed by atoms with Gasteiger partial charge in [0.25, 0.3) is 0 Å². The van der Waals surface area contributed by atoms with Gasteiger partial charge < -0.3 is 9.30 Å². The van der Waals surface area contributed by atoms with Crippen LogP contribution in [0.5, 0.6) is 5.75 Å². The SMILES string of the molecule is Cc1c(C)n(Cc2ccccc2Cl)c2c(OCc3ccc(C(F)(F)F)cc3)ccnc12.Cl. The number of aryl methyl sites for hydroxylation is 1. The van der Waals surface area contributed by atoms with Crippen LogP contribution in [0.25, 0.3) is 11.0 Å². The van der Waals surface area contributed by atoms with E-state index in [1.165, 1.54) is 12.1 Å². The lowest BCUT2D eigenvalue weighted by Crippen LogP contribution is -2.06. The average Bonchev–Trinajstić information content (AvgIpc) is 2.99. The molecule has 0 N–H and O–H groups in total. The molecule has 4 rings (SSSR count). The second kappa shape index (κ2) is 9.43. The lowest BCUT2D eigenvalue weighted by Gasteiger charge is -2.14. The summed E-state index contributed by atoms with van der Waals surface area (Å²) in [6.07, 6.45) is -2.68. The summed E-state index contributed by atoms with van der Waals surface area (Å²) in [5, 5.41) is 0.678. The first kappa shape index (κ1) is 24.0. The van der Waals surface area contributed by atoms with Crippen molar-refractivity contribution in [3.63, 3.8) is 0 Å². The molecule has 4 aromatic rings. The summed E-state index contributed by atoms with van der Waals surface area (Å²) in [5.41, 5.74) is 4.70. The number of hydrogen-bond acceptors (Lipinski definition) is 2. The molecule has 0 bridgehead atoms. The van der Waals surface area contributed by atoms with Crippen LogP contribution >= 0.6 is 24.0 Å². The van der Waals surface area contributed by atoms with Crippen molar-refractivity contribution in [2.24, 2.45) is 0 Å². The van der Waals surface area contributed by atoms with E-state index >= 15 is 0 Å². The van der Waals surface area contributed by atoms with Crippen molar-refractivity contribution < 1.29 is 17.9 Å². The Morgan fingerprint density at radius 1 is 1.00 bits per heavy atom. The van der Waals surface area contributed by atoms with E-state index in [0.29, 0.717) is 22.9 Å². The van der Waals surface area contributed by atoms with Crippen LogP contribution in [0.2, 0.25) is 5.02 Å². The molecule has 0 radical (unpaired) electrons. The molecule has 2 heterocycles. The third-order valence-electron chi connectivity index (χ3n) is 5.42. The maximum Gasteiger partial charge on any atom is 0.416 e. The summed E-state index contributed by atoms with van der Waals surface area (Å²) in [7, 11) is 0. The zero-order valence-electron chi connectivity index (χ0n) is 17.4. The predicted octanol–water partition coefficient (Wildman–Crippen LogP) is 7.37. The van der Waals surface area contributed by atoms with Crippen LogP contribution in [0.15, 0.2) is 60.8 Å². The van der Waals surface area contributed by atoms with E-state index in [0.717, 1.165) is 40.0 Å². The third kappa shape index (κ3) is 4.71. The van der Waals surface area contributed by atoms with Gasteiger partial charge in [0.05, 0.1) is 11.1 Å². The number of fused-ring (bicyclic) bond motifs is 1. The van der Waals surface area contributed by atoms with Crippen molar-refractivity contribution in [3.8, 4) is 5.75 Å². The van der Waals surface area contributed by atoms with Crippen molar-refractivity contribution in [2.45, 2.75) is 33.2 Å². The van der Waals surface area contributed by atoms with Crippen LogP contribution in [-0.4, -0.2) is 9.55 Å². The van der Waals surface area contributed by atoms with Gasteiger partial charge >= 0.3 is 6.18 Å². The number of halogens is 5. The monoisotopic (exact) mass is 480 g/mol. The number of hydrogen-bond donors (Lipinski definition) is 0. The fourth-order valence-corrected chi connectivity index (χ4v) is 3.77. The van der Waals surface area contributed by atoms with E-state index in [1.807, 2.05) is 38.1 Å². The molecule has 3 nitrogen and oxygen atoms in total. The lowest BCUT2D eigenvalue weighted by atomic mass is 10.1. The largest absolute Gasteiger partial charge is 0.487 e. The first-order valence-corrected chi connectivity index (χ1v) is 10.1. The van der Waals surface area contributed by atoms with E-state index in [4.69, 9.17) is 16.3 Å². The highest BCUT2D eigenvalue weighted by atomic mass is 35.5. The van der Waals surface area contributed by atoms with Crippen LogP contribution in [0.4, 0.5) is 13.2 Å². The number of pyridine rings is 1. The Bertz CT molecular complexity index is 1230. The fourth-order valence-electron chi connectivity index (χ4n) is 3.58. The molecule has 32 heavy (non-hydrogen) atoms. The molecule has 0 aliphatic carbocycles. The Balaban J connectivity index is 0.00000289. The van der Waals surface area contributed by atoms with Gasteiger partial charge in [0, 0.05) is 29.5 Å². The lowest BCUT2D eigenvalue weighted by molar-refractivity contribution is -0.137. The number of aromatic nitrogens is 2. The van der Waals surface area contributed by atoms with Gasteiger partial charge in [-0.25, -0.2) is 0 Å². The van der Waals surface area contributed by atoms with Crippen molar-refractivity contribution in [1.29, 1.82) is 0 Å². The van der Waals surface area contributed by atoms with E-state index < -0.39 is 11.7 Å². The normalized spacial score (nSPS) is 11.4. The molecule has 0 fully saturated rings. The Kier molecular flexibility index (Phi) is 7.06. The first-order chi connectivity index (χ1) is 14.8. The molecular weight excluding hydrogens is 460 g/mol. The summed E-state index contributed by atoms with van der Waals surface area (Å²) in [6.45, 7) is 4.73. The van der Waals surface area contributed by atoms with Gasteiger partial charge in [-0.15, -0.1) is 12.4 Å². The van der Waals surface area contributed by atoms with Gasteiger partial charge in [0.2, 0.25) is 0 Å². The zero-order valence-corrected chi connectivity index (χ0v) is 19.0. The Morgan fingerprint density at radius 2 is 1.69 bits per heavy atom. The van der Waals surface area contributed by atoms with E-state index in [2.05, 4.69) is 9.55 Å². The smallest absolute Gasteiger partial charge is 0.416 e. The highest BCUT2D eigenvalue weighted by Gasteiger charge is 2.30. The van der Waals surface area contributed by atoms with E-state index in [9.17, 15) is 13.2 Å². The van der Waals surface area contributed by atoms with Crippen LogP contribution in [0.1, 0.15) is 27.9 Å². The maximum atomic E-state index is 12.8. The van der Waals surface area contributed by atoms with Gasteiger partial charge in [-0.1, -0.05) is 41.9 Å². The van der Waals surface area contributed by atoms with Gasteiger partial charge in [-0.2, -0.15) is 13.2 Å². The number of rotatable bonds is 5. The predicted molar refractivity (Wildman–Crippen MR) is 123 cm³/mol. The van der Waals surface area contributed by atoms with Crippen molar-refractivity contribution in [2.75, 3.05) is 0 Å². The second-order valence-electron chi connectivity index (χ2n) is 7.38. The molecule has 0 spiro atoms. The molecule has 0 saturated carbocycles. The van der Waals surface area contributed by atoms with Crippen LogP contribution < -0.4 is 4.74 Å². The molecule has 0 aliphatic heterocycles. The average molecular weight is 481 g/mol. The topological polar surface area (TPSA) is 27.1 Å². The molecule has 2 aromatic heterocycles. The van der Waals surface area contributed by atoms with E-state index in [1.54, 1.807) is 12.3 Å². The molecule has 8 heteroatoms. The van der Waals surface area contributed by atoms with Crippen molar-refractivity contribution in [3.05, 3.63) is 93.8 Å². The van der Waals surface area contributed by atoms with Gasteiger partial charge in [-0.3, -0.25) is 4.98 Å². The first-order valence-electron chi connectivity index (χ1n) is 9.72. The van der Waals surface area contributed by atoms with Crippen LogP contribution in [0.3, 0.4) is 0 Å². The minimum atomic E-state index is -4.36. The number of ether oxygens (including phenoxy) is 1. The van der Waals surface area contributed by atoms with Crippen LogP contribution in [-0.2, 0) is 19.3 Å². The van der Waals surface area contributed by atoms with Gasteiger partial charge in [0.1, 0.15) is 17.9 Å². The number of benzene rings is 2. The maximum absolute atomic E-state index is 12.8. The van der Waals surface area contributed by atoms with Crippen LogP contribution in [0, 0.1) is 13.8 Å². The van der Waals surface area contributed by atoms with Gasteiger partial charge in [0.15, 0.2) is 0 Å². The minimum absolute atomic E-state index is 0. The second-order valence-corrected chi connectivity index (χ2v) is 7.78. The fraction of sp³-hybridized carbons (Fsp3) is 0.208. The molecule has 0 amide bonds. The highest BCUT2D eigenvalue weighted by molar-refractivity contribution is 6.31. The molecule has 2 aromatic carbocycles. The summed E-state index contributed by atoms with van der Waals surface area (Å²) >= 11 is 6.37. The Hall–Kier alpha value is -2.70. The number of alkyl halides is 3. The standard InChI is InChI=1S/C24H20ClF3N2O.ClH/c1-15-16(2)30(13-18-5-3-4-6-20(18)25)23-21(11-12-29-22(15)23)31-14-17-7-9-19(10-8-17)24(26,27)28;/h3-12H,13-14H2,1-2H3;1H. The molecule has 0 saturated heterocycles. The molecule has 168 valence electrons. The summed E-state index contributed by atoms with van der Waals surface area (Å²) in [6, 6.07) is 14.4. The Morgan fingerprint density at radius 3 is 2.34 bits per heavy atom. The summed E-state index contributed by atoms with van der Waals surface area (Å²) in [5.74, 6) is 0.619. The van der Waals surface area contributed by atoms with Crippen molar-refractivity contribution in [1.82, 2.24) is 9.55 Å². The van der Waals surface area contributed by atoms with Gasteiger partial charge in [-0.05, 0) is 48.7 Å². The Labute approximate surface area is 195 Å². The minimum Gasteiger partial charge on any atom is -0.487 e. The summed E-state index contributed by atoms with van der Waals surface area (Å²) < 4.78 is 46.5. The molecule has 0 atom stereocenters.